The largest absolute Gasteiger partial charge is 0.507 e. The lowest BCUT2D eigenvalue weighted by Crippen LogP contribution is -2.29. The van der Waals surface area contributed by atoms with E-state index in [1.807, 2.05) is 31.2 Å². The Bertz CT molecular complexity index is 1170. The lowest BCUT2D eigenvalue weighted by Gasteiger charge is -2.25. The number of amides is 1. The Balaban J connectivity index is 1.81. The van der Waals surface area contributed by atoms with E-state index in [1.165, 1.54) is 4.90 Å². The first-order valence-corrected chi connectivity index (χ1v) is 11.1. The Morgan fingerprint density at radius 3 is 2.24 bits per heavy atom. The van der Waals surface area contributed by atoms with Gasteiger partial charge in [-0.05, 0) is 72.5 Å². The number of aliphatic hydroxyl groups excluding tert-OH is 1. The van der Waals surface area contributed by atoms with Crippen molar-refractivity contribution < 1.29 is 19.4 Å². The summed E-state index contributed by atoms with van der Waals surface area (Å²) in [6.45, 7) is 4.67. The van der Waals surface area contributed by atoms with Gasteiger partial charge in [-0.25, -0.2) is 0 Å². The molecule has 0 radical (unpaired) electrons. The van der Waals surface area contributed by atoms with Crippen LogP contribution in [0.2, 0.25) is 0 Å². The molecule has 1 aromatic heterocycles. The molecule has 1 N–H and O–H groups in total. The van der Waals surface area contributed by atoms with E-state index in [2.05, 4.69) is 11.9 Å². The minimum absolute atomic E-state index is 0.0491. The highest BCUT2D eigenvalue weighted by atomic mass is 16.5. The average molecular weight is 443 g/mol. The first-order chi connectivity index (χ1) is 16.0. The monoisotopic (exact) mass is 442 g/mol. The van der Waals surface area contributed by atoms with Gasteiger partial charge in [-0.3, -0.25) is 19.5 Å². The summed E-state index contributed by atoms with van der Waals surface area (Å²) < 4.78 is 5.60. The maximum atomic E-state index is 13.2. The first-order valence-electron chi connectivity index (χ1n) is 11.1. The maximum absolute atomic E-state index is 13.2. The molecule has 0 spiro atoms. The van der Waals surface area contributed by atoms with Gasteiger partial charge in [0.2, 0.25) is 0 Å². The number of anilines is 1. The molecule has 2 heterocycles. The van der Waals surface area contributed by atoms with E-state index in [1.54, 1.807) is 48.8 Å². The zero-order valence-corrected chi connectivity index (χ0v) is 18.7. The number of carbonyl (C=O) groups is 2. The van der Waals surface area contributed by atoms with Crippen LogP contribution in [0.15, 0.2) is 78.6 Å². The van der Waals surface area contributed by atoms with Crippen LogP contribution in [0.3, 0.4) is 0 Å². The topological polar surface area (TPSA) is 79.7 Å². The highest BCUT2D eigenvalue weighted by Gasteiger charge is 2.46. The number of rotatable bonds is 7. The van der Waals surface area contributed by atoms with Crippen molar-refractivity contribution in [2.24, 2.45) is 0 Å². The first kappa shape index (κ1) is 22.3. The molecule has 0 aliphatic carbocycles. The van der Waals surface area contributed by atoms with E-state index in [0.29, 0.717) is 29.2 Å². The van der Waals surface area contributed by atoms with Gasteiger partial charge >= 0.3 is 0 Å². The summed E-state index contributed by atoms with van der Waals surface area (Å²) >= 11 is 0. The zero-order chi connectivity index (χ0) is 23.4. The van der Waals surface area contributed by atoms with Crippen molar-refractivity contribution in [2.45, 2.75) is 32.7 Å². The molecule has 6 nitrogen and oxygen atoms in total. The number of aromatic nitrogens is 1. The molecule has 0 bridgehead atoms. The molecular formula is C27H26N2O4. The maximum Gasteiger partial charge on any atom is 0.300 e. The van der Waals surface area contributed by atoms with Crippen molar-refractivity contribution in [3.05, 3.63) is 95.3 Å². The van der Waals surface area contributed by atoms with Crippen LogP contribution >= 0.6 is 0 Å². The van der Waals surface area contributed by atoms with E-state index in [4.69, 9.17) is 4.74 Å². The van der Waals surface area contributed by atoms with Crippen LogP contribution in [0.4, 0.5) is 5.69 Å². The van der Waals surface area contributed by atoms with Crippen molar-refractivity contribution in [1.82, 2.24) is 4.98 Å². The Labute approximate surface area is 193 Å². The minimum atomic E-state index is -0.767. The van der Waals surface area contributed by atoms with Crippen molar-refractivity contribution in [2.75, 3.05) is 11.5 Å². The highest BCUT2D eigenvalue weighted by Crippen LogP contribution is 2.42. The number of ether oxygens (including phenoxy) is 1. The quantitative estimate of drug-likeness (QED) is 0.314. The van der Waals surface area contributed by atoms with Crippen molar-refractivity contribution in [1.29, 1.82) is 0 Å². The van der Waals surface area contributed by atoms with Crippen LogP contribution in [0.25, 0.3) is 5.76 Å². The van der Waals surface area contributed by atoms with Crippen molar-refractivity contribution in [3.8, 4) is 5.75 Å². The molecule has 4 rings (SSSR count). The van der Waals surface area contributed by atoms with Gasteiger partial charge < -0.3 is 9.84 Å². The fourth-order valence-corrected chi connectivity index (χ4v) is 3.94. The number of aryl methyl sites for hydroxylation is 1. The predicted molar refractivity (Wildman–Crippen MR) is 127 cm³/mol. The third-order valence-corrected chi connectivity index (χ3v) is 5.69. The number of pyridine rings is 1. The van der Waals surface area contributed by atoms with E-state index in [-0.39, 0.29) is 11.3 Å². The molecule has 1 atom stereocenters. The summed E-state index contributed by atoms with van der Waals surface area (Å²) in [6, 6.07) is 17.1. The number of Topliss-reactive ketones (excluding diaryl/α,β-unsaturated/α-hetero) is 1. The molecule has 0 saturated carbocycles. The van der Waals surface area contributed by atoms with Gasteiger partial charge in [0.05, 0.1) is 18.2 Å². The van der Waals surface area contributed by atoms with Gasteiger partial charge in [0.15, 0.2) is 0 Å². The number of carbonyl (C=O) groups excluding carboxylic acids is 2. The number of hydrogen-bond acceptors (Lipinski definition) is 5. The number of aliphatic hydroxyl groups is 1. The SMILES string of the molecule is CCCOc1ccc(/C(O)=C2/C(=O)C(=O)N(c3ccc(CC)cc3)C2c2ccncc2)cc1. The lowest BCUT2D eigenvalue weighted by atomic mass is 9.95. The van der Waals surface area contributed by atoms with Crippen LogP contribution in [-0.2, 0) is 16.0 Å². The predicted octanol–water partition coefficient (Wildman–Crippen LogP) is 5.06. The second kappa shape index (κ2) is 9.69. The fourth-order valence-electron chi connectivity index (χ4n) is 3.94. The number of ketones is 1. The van der Waals surface area contributed by atoms with E-state index >= 15 is 0 Å². The van der Waals surface area contributed by atoms with Crippen LogP contribution < -0.4 is 9.64 Å². The minimum Gasteiger partial charge on any atom is -0.507 e. The van der Waals surface area contributed by atoms with E-state index < -0.39 is 17.7 Å². The summed E-state index contributed by atoms with van der Waals surface area (Å²) in [5.41, 5.74) is 2.90. The Morgan fingerprint density at radius 2 is 1.64 bits per heavy atom. The normalized spacial score (nSPS) is 17.4. The van der Waals surface area contributed by atoms with Crippen LogP contribution in [0.5, 0.6) is 5.75 Å². The zero-order valence-electron chi connectivity index (χ0n) is 18.7. The molecule has 1 aliphatic rings. The molecule has 2 aromatic carbocycles. The van der Waals surface area contributed by atoms with Gasteiger partial charge in [-0.15, -0.1) is 0 Å². The van der Waals surface area contributed by atoms with Gasteiger partial charge in [-0.1, -0.05) is 26.0 Å². The summed E-state index contributed by atoms with van der Waals surface area (Å²) in [4.78, 5) is 31.8. The summed E-state index contributed by atoms with van der Waals surface area (Å²) in [7, 11) is 0. The van der Waals surface area contributed by atoms with E-state index in [9.17, 15) is 14.7 Å². The number of nitrogens with zero attached hydrogens (tertiary/aromatic N) is 2. The fraction of sp³-hybridized carbons (Fsp3) is 0.222. The molecule has 3 aromatic rings. The standard InChI is InChI=1S/C27H26N2O4/c1-3-17-33-22-11-7-20(8-12-22)25(30)23-24(19-13-15-28-16-14-19)29(27(32)26(23)31)21-9-5-18(4-2)6-10-21/h5-16,24,30H,3-4,17H2,1-2H3/b25-23-. The van der Waals surface area contributed by atoms with Crippen LogP contribution in [0, 0.1) is 0 Å². The van der Waals surface area contributed by atoms with Crippen LogP contribution in [0.1, 0.15) is 43.0 Å². The second-order valence-electron chi connectivity index (χ2n) is 7.84. The van der Waals surface area contributed by atoms with E-state index in [0.717, 1.165) is 18.4 Å². The molecular weight excluding hydrogens is 416 g/mol. The number of hydrogen-bond donors (Lipinski definition) is 1. The highest BCUT2D eigenvalue weighted by molar-refractivity contribution is 6.51. The third-order valence-electron chi connectivity index (χ3n) is 5.69. The Kier molecular flexibility index (Phi) is 6.54. The Morgan fingerprint density at radius 1 is 0.970 bits per heavy atom. The molecule has 168 valence electrons. The van der Waals surface area contributed by atoms with Crippen LogP contribution in [-0.4, -0.2) is 28.4 Å². The van der Waals surface area contributed by atoms with Gasteiger partial charge in [-0.2, -0.15) is 0 Å². The lowest BCUT2D eigenvalue weighted by molar-refractivity contribution is -0.132. The van der Waals surface area contributed by atoms with Gasteiger partial charge in [0.25, 0.3) is 11.7 Å². The van der Waals surface area contributed by atoms with Gasteiger partial charge in [0.1, 0.15) is 11.5 Å². The summed E-state index contributed by atoms with van der Waals surface area (Å²) in [5.74, 6) is -0.939. The second-order valence-corrected chi connectivity index (χ2v) is 7.84. The van der Waals surface area contributed by atoms with Gasteiger partial charge in [0, 0.05) is 23.6 Å². The molecule has 33 heavy (non-hydrogen) atoms. The molecule has 1 aliphatic heterocycles. The molecule has 1 unspecified atom stereocenters. The Hall–Kier alpha value is -3.93. The number of benzene rings is 2. The molecule has 6 heteroatoms. The average Bonchev–Trinajstić information content (AvgIpc) is 3.13. The summed E-state index contributed by atoms with van der Waals surface area (Å²) in [5, 5.41) is 11.2. The molecule has 1 amide bonds. The third kappa shape index (κ3) is 4.37. The molecule has 1 saturated heterocycles. The molecule has 1 fully saturated rings. The summed E-state index contributed by atoms with van der Waals surface area (Å²) in [6.07, 6.45) is 4.96. The van der Waals surface area contributed by atoms with Crippen molar-refractivity contribution in [3.63, 3.8) is 0 Å². The van der Waals surface area contributed by atoms with Crippen molar-refractivity contribution >= 4 is 23.1 Å². The smallest absolute Gasteiger partial charge is 0.300 e.